The van der Waals surface area contributed by atoms with Gasteiger partial charge < -0.3 is 10.2 Å². The molecule has 0 aliphatic carbocycles. The van der Waals surface area contributed by atoms with Gasteiger partial charge in [-0.25, -0.2) is 4.39 Å². The number of nitro benzene ring substituents is 1. The molecule has 0 heterocycles. The summed E-state index contributed by atoms with van der Waals surface area (Å²) < 4.78 is 26.5. The molecule has 0 amide bonds. The first-order valence-corrected chi connectivity index (χ1v) is 6.59. The Morgan fingerprint density at radius 2 is 1.95 bits per heavy atom. The minimum atomic E-state index is -1.17. The van der Waals surface area contributed by atoms with E-state index in [1.807, 2.05) is 13.8 Å². The summed E-state index contributed by atoms with van der Waals surface area (Å²) >= 11 is 0. The number of benzene rings is 1. The van der Waals surface area contributed by atoms with Gasteiger partial charge in [0.1, 0.15) is 11.5 Å². The second kappa shape index (κ2) is 7.74. The average molecular weight is 287 g/mol. The molecule has 0 fully saturated rings. The van der Waals surface area contributed by atoms with Gasteiger partial charge in [0.05, 0.1) is 4.92 Å². The van der Waals surface area contributed by atoms with E-state index in [1.54, 1.807) is 0 Å². The van der Waals surface area contributed by atoms with Crippen molar-refractivity contribution in [1.29, 1.82) is 0 Å². The molecule has 0 unspecified atom stereocenters. The molecule has 0 spiro atoms. The number of nitro groups is 1. The van der Waals surface area contributed by atoms with Gasteiger partial charge in [-0.05, 0) is 26.1 Å². The van der Waals surface area contributed by atoms with Crippen molar-refractivity contribution in [2.24, 2.45) is 0 Å². The highest BCUT2D eigenvalue weighted by atomic mass is 19.1. The fourth-order valence-electron chi connectivity index (χ4n) is 1.95. The van der Waals surface area contributed by atoms with Gasteiger partial charge in [-0.3, -0.25) is 10.1 Å². The van der Waals surface area contributed by atoms with Gasteiger partial charge in [-0.2, -0.15) is 4.39 Å². The third-order valence-electron chi connectivity index (χ3n) is 3.07. The molecule has 112 valence electrons. The molecule has 5 nitrogen and oxygen atoms in total. The standard InChI is InChI=1S/C13H19F2N3O2/c1-3-17(4-2)7-5-6-16-12-9-10(14)8-11(15)13(12)18(19)20/h8-9,16H,3-7H2,1-2H3. The van der Waals surface area contributed by atoms with E-state index in [0.29, 0.717) is 12.6 Å². The predicted molar refractivity (Wildman–Crippen MR) is 73.9 cm³/mol. The highest BCUT2D eigenvalue weighted by molar-refractivity contribution is 5.62. The molecule has 1 aromatic rings. The quantitative estimate of drug-likeness (QED) is 0.453. The van der Waals surface area contributed by atoms with Gasteiger partial charge in [0.2, 0.25) is 5.82 Å². The first-order chi connectivity index (χ1) is 9.49. The molecule has 0 aromatic heterocycles. The van der Waals surface area contributed by atoms with E-state index in [1.165, 1.54) is 0 Å². The molecule has 0 bridgehead atoms. The van der Waals surface area contributed by atoms with E-state index < -0.39 is 22.2 Å². The van der Waals surface area contributed by atoms with E-state index in [0.717, 1.165) is 32.1 Å². The Bertz CT molecular complexity index is 465. The maximum Gasteiger partial charge on any atom is 0.327 e. The Morgan fingerprint density at radius 1 is 1.30 bits per heavy atom. The van der Waals surface area contributed by atoms with E-state index in [4.69, 9.17) is 0 Å². The van der Waals surface area contributed by atoms with Crippen LogP contribution in [0.3, 0.4) is 0 Å². The van der Waals surface area contributed by atoms with Crippen molar-refractivity contribution < 1.29 is 13.7 Å². The summed E-state index contributed by atoms with van der Waals surface area (Å²) in [5.41, 5.74) is -0.832. The van der Waals surface area contributed by atoms with E-state index in [9.17, 15) is 18.9 Å². The van der Waals surface area contributed by atoms with Crippen LogP contribution in [0.25, 0.3) is 0 Å². The van der Waals surface area contributed by atoms with Crippen LogP contribution in [0.2, 0.25) is 0 Å². The Balaban J connectivity index is 2.66. The molecule has 0 aliphatic heterocycles. The van der Waals surface area contributed by atoms with Gasteiger partial charge in [0, 0.05) is 18.7 Å². The van der Waals surface area contributed by atoms with Crippen molar-refractivity contribution in [2.45, 2.75) is 20.3 Å². The van der Waals surface area contributed by atoms with Crippen LogP contribution in [0.1, 0.15) is 20.3 Å². The number of hydrogen-bond acceptors (Lipinski definition) is 4. The lowest BCUT2D eigenvalue weighted by Gasteiger charge is -2.17. The summed E-state index contributed by atoms with van der Waals surface area (Å²) in [5, 5.41) is 13.5. The SMILES string of the molecule is CCN(CC)CCCNc1cc(F)cc(F)c1[N+](=O)[O-]. The number of rotatable bonds is 8. The number of nitrogens with zero attached hydrogens (tertiary/aromatic N) is 2. The van der Waals surface area contributed by atoms with Crippen LogP contribution in [0.15, 0.2) is 12.1 Å². The van der Waals surface area contributed by atoms with E-state index in [-0.39, 0.29) is 5.69 Å². The van der Waals surface area contributed by atoms with Crippen LogP contribution in [0.4, 0.5) is 20.2 Å². The summed E-state index contributed by atoms with van der Waals surface area (Å²) in [6.07, 6.45) is 0.733. The molecular weight excluding hydrogens is 268 g/mol. The smallest absolute Gasteiger partial charge is 0.327 e. The summed E-state index contributed by atoms with van der Waals surface area (Å²) in [6.45, 7) is 7.18. The van der Waals surface area contributed by atoms with Gasteiger partial charge in [-0.15, -0.1) is 0 Å². The molecule has 0 saturated heterocycles. The Labute approximate surface area is 116 Å². The van der Waals surface area contributed by atoms with Crippen molar-refractivity contribution >= 4 is 11.4 Å². The highest BCUT2D eigenvalue weighted by Crippen LogP contribution is 2.28. The lowest BCUT2D eigenvalue weighted by Crippen LogP contribution is -2.25. The third-order valence-corrected chi connectivity index (χ3v) is 3.07. The van der Waals surface area contributed by atoms with Crippen LogP contribution in [0.5, 0.6) is 0 Å². The van der Waals surface area contributed by atoms with Gasteiger partial charge in [-0.1, -0.05) is 13.8 Å². The molecule has 0 radical (unpaired) electrons. The van der Waals surface area contributed by atoms with Gasteiger partial charge in [0.25, 0.3) is 0 Å². The van der Waals surface area contributed by atoms with E-state index >= 15 is 0 Å². The second-order valence-electron chi connectivity index (χ2n) is 4.35. The molecule has 1 rings (SSSR count). The molecule has 20 heavy (non-hydrogen) atoms. The monoisotopic (exact) mass is 287 g/mol. The van der Waals surface area contributed by atoms with E-state index in [2.05, 4.69) is 10.2 Å². The van der Waals surface area contributed by atoms with Gasteiger partial charge in [0.15, 0.2) is 0 Å². The lowest BCUT2D eigenvalue weighted by atomic mass is 10.2. The first kappa shape index (κ1) is 16.3. The third kappa shape index (κ3) is 4.41. The first-order valence-electron chi connectivity index (χ1n) is 6.59. The predicted octanol–water partition coefficient (Wildman–Crippen LogP) is 3.02. The normalized spacial score (nSPS) is 10.8. The number of halogens is 2. The zero-order valence-electron chi connectivity index (χ0n) is 11.7. The largest absolute Gasteiger partial charge is 0.379 e. The Hall–Kier alpha value is -1.76. The van der Waals surface area contributed by atoms with Crippen molar-refractivity contribution in [3.8, 4) is 0 Å². The van der Waals surface area contributed by atoms with Crippen molar-refractivity contribution in [2.75, 3.05) is 31.5 Å². The van der Waals surface area contributed by atoms with Crippen molar-refractivity contribution in [3.63, 3.8) is 0 Å². The van der Waals surface area contributed by atoms with Crippen LogP contribution >= 0.6 is 0 Å². The number of hydrogen-bond donors (Lipinski definition) is 1. The summed E-state index contributed by atoms with van der Waals surface area (Å²) in [7, 11) is 0. The maximum atomic E-state index is 13.4. The van der Waals surface area contributed by atoms with Gasteiger partial charge >= 0.3 is 5.69 Å². The number of anilines is 1. The molecule has 0 atom stereocenters. The summed E-state index contributed by atoms with van der Waals surface area (Å²) in [6, 6.07) is 1.46. The van der Waals surface area contributed by atoms with Crippen molar-refractivity contribution in [1.82, 2.24) is 4.90 Å². The number of nitrogens with one attached hydrogen (secondary N) is 1. The highest BCUT2D eigenvalue weighted by Gasteiger charge is 2.21. The fourth-order valence-corrected chi connectivity index (χ4v) is 1.95. The zero-order valence-corrected chi connectivity index (χ0v) is 11.7. The Kier molecular flexibility index (Phi) is 6.30. The summed E-state index contributed by atoms with van der Waals surface area (Å²) in [4.78, 5) is 12.1. The Morgan fingerprint density at radius 3 is 2.50 bits per heavy atom. The van der Waals surface area contributed by atoms with Crippen LogP contribution in [-0.2, 0) is 0 Å². The molecule has 7 heteroatoms. The minimum absolute atomic E-state index is 0.118. The average Bonchev–Trinajstić information content (AvgIpc) is 2.37. The molecule has 0 saturated carbocycles. The maximum absolute atomic E-state index is 13.4. The lowest BCUT2D eigenvalue weighted by molar-refractivity contribution is -0.386. The van der Waals surface area contributed by atoms with Crippen LogP contribution in [-0.4, -0.2) is 36.0 Å². The fraction of sp³-hybridized carbons (Fsp3) is 0.538. The van der Waals surface area contributed by atoms with Crippen molar-refractivity contribution in [3.05, 3.63) is 33.9 Å². The molecule has 0 aliphatic rings. The molecule has 1 N–H and O–H groups in total. The minimum Gasteiger partial charge on any atom is -0.379 e. The second-order valence-corrected chi connectivity index (χ2v) is 4.35. The van der Waals surface area contributed by atoms with Crippen LogP contribution < -0.4 is 5.32 Å². The molecule has 1 aromatic carbocycles. The molecular formula is C13H19F2N3O2. The zero-order chi connectivity index (χ0) is 15.1. The van der Waals surface area contributed by atoms with Crippen LogP contribution in [0, 0.1) is 21.7 Å². The topological polar surface area (TPSA) is 58.4 Å². The summed E-state index contributed by atoms with van der Waals surface area (Å²) in [5.74, 6) is -2.00.